The van der Waals surface area contributed by atoms with E-state index in [-0.39, 0.29) is 12.3 Å². The number of aliphatic imine (C=N–C) groups is 1. The van der Waals surface area contributed by atoms with E-state index in [4.69, 9.17) is 0 Å². The fraction of sp³-hybridized carbons (Fsp3) is 0.409. The number of sulfone groups is 1. The number of hydrogen-bond donors (Lipinski definition) is 2. The SMILES string of the molecule is CCN(CCCNC(=NC)NCc1cc(F)ccc1CS(C)(=O)=O)c1ccccc1. The third-order valence-electron chi connectivity index (χ3n) is 4.66. The van der Waals surface area contributed by atoms with Crippen LogP contribution in [0.3, 0.4) is 0 Å². The van der Waals surface area contributed by atoms with Crippen molar-refractivity contribution in [2.75, 3.05) is 37.8 Å². The lowest BCUT2D eigenvalue weighted by atomic mass is 10.1. The Morgan fingerprint density at radius 2 is 1.83 bits per heavy atom. The minimum Gasteiger partial charge on any atom is -0.372 e. The van der Waals surface area contributed by atoms with Crippen molar-refractivity contribution in [2.45, 2.75) is 25.6 Å². The number of nitrogens with zero attached hydrogens (tertiary/aromatic N) is 2. The normalized spacial score (nSPS) is 11.9. The van der Waals surface area contributed by atoms with Gasteiger partial charge in [0.25, 0.3) is 0 Å². The smallest absolute Gasteiger partial charge is 0.191 e. The van der Waals surface area contributed by atoms with Crippen LogP contribution in [0.15, 0.2) is 53.5 Å². The molecule has 0 fully saturated rings. The summed E-state index contributed by atoms with van der Waals surface area (Å²) in [5, 5.41) is 6.39. The Morgan fingerprint density at radius 3 is 2.47 bits per heavy atom. The summed E-state index contributed by atoms with van der Waals surface area (Å²) in [4.78, 5) is 6.50. The molecule has 164 valence electrons. The van der Waals surface area contributed by atoms with E-state index in [0.29, 0.717) is 17.1 Å². The highest BCUT2D eigenvalue weighted by molar-refractivity contribution is 7.89. The predicted molar refractivity (Wildman–Crippen MR) is 122 cm³/mol. The summed E-state index contributed by atoms with van der Waals surface area (Å²) < 4.78 is 36.9. The minimum atomic E-state index is -3.21. The van der Waals surface area contributed by atoms with Crippen molar-refractivity contribution in [2.24, 2.45) is 4.99 Å². The molecule has 0 aliphatic carbocycles. The molecule has 0 spiro atoms. The molecule has 0 amide bonds. The summed E-state index contributed by atoms with van der Waals surface area (Å²) in [6.45, 7) is 4.98. The molecule has 0 radical (unpaired) electrons. The second-order valence-electron chi connectivity index (χ2n) is 7.10. The first-order valence-corrected chi connectivity index (χ1v) is 12.1. The van der Waals surface area contributed by atoms with E-state index in [0.717, 1.165) is 26.1 Å². The van der Waals surface area contributed by atoms with Gasteiger partial charge in [0.2, 0.25) is 0 Å². The molecule has 2 N–H and O–H groups in total. The van der Waals surface area contributed by atoms with Gasteiger partial charge in [-0.1, -0.05) is 24.3 Å². The van der Waals surface area contributed by atoms with Crippen LogP contribution in [-0.4, -0.2) is 47.3 Å². The van der Waals surface area contributed by atoms with Crippen molar-refractivity contribution in [3.8, 4) is 0 Å². The standard InChI is InChI=1S/C22H31FN4O2S/c1-4-27(21-9-6-5-7-10-21)14-8-13-25-22(24-2)26-16-19-15-20(23)12-11-18(19)17-30(3,28)29/h5-7,9-12,15H,4,8,13-14,16-17H2,1-3H3,(H2,24,25,26). The van der Waals surface area contributed by atoms with Crippen LogP contribution >= 0.6 is 0 Å². The van der Waals surface area contributed by atoms with Crippen LogP contribution in [0, 0.1) is 5.82 Å². The highest BCUT2D eigenvalue weighted by Gasteiger charge is 2.11. The number of halogens is 1. The quantitative estimate of drug-likeness (QED) is 0.342. The topological polar surface area (TPSA) is 73.8 Å². The molecule has 0 aliphatic rings. The van der Waals surface area contributed by atoms with Crippen LogP contribution in [0.1, 0.15) is 24.5 Å². The Balaban J connectivity index is 1.86. The van der Waals surface area contributed by atoms with E-state index < -0.39 is 15.7 Å². The van der Waals surface area contributed by atoms with Gasteiger partial charge in [-0.2, -0.15) is 0 Å². The third-order valence-corrected chi connectivity index (χ3v) is 5.49. The number of hydrogen-bond acceptors (Lipinski definition) is 4. The maximum absolute atomic E-state index is 13.7. The molecule has 2 aromatic rings. The number of guanidine groups is 1. The molecule has 0 heterocycles. The second-order valence-corrected chi connectivity index (χ2v) is 9.24. The van der Waals surface area contributed by atoms with Crippen molar-refractivity contribution < 1.29 is 12.8 Å². The van der Waals surface area contributed by atoms with Gasteiger partial charge in [-0.3, -0.25) is 4.99 Å². The first kappa shape index (κ1) is 23.7. The summed E-state index contributed by atoms with van der Waals surface area (Å²) in [6.07, 6.45) is 2.09. The first-order chi connectivity index (χ1) is 14.3. The highest BCUT2D eigenvalue weighted by atomic mass is 32.2. The second kappa shape index (κ2) is 11.5. The van der Waals surface area contributed by atoms with E-state index >= 15 is 0 Å². The van der Waals surface area contributed by atoms with Gasteiger partial charge in [0.1, 0.15) is 5.82 Å². The van der Waals surface area contributed by atoms with Gasteiger partial charge in [-0.25, -0.2) is 12.8 Å². The van der Waals surface area contributed by atoms with E-state index in [9.17, 15) is 12.8 Å². The lowest BCUT2D eigenvalue weighted by molar-refractivity contribution is 0.599. The van der Waals surface area contributed by atoms with Crippen LogP contribution in [0.5, 0.6) is 0 Å². The van der Waals surface area contributed by atoms with Crippen LogP contribution in [0.4, 0.5) is 10.1 Å². The largest absolute Gasteiger partial charge is 0.372 e. The maximum Gasteiger partial charge on any atom is 0.191 e. The Bertz CT molecular complexity index is 933. The summed E-state index contributed by atoms with van der Waals surface area (Å²) in [5.74, 6) is 0.0720. The van der Waals surface area contributed by atoms with Crippen molar-refractivity contribution in [1.82, 2.24) is 10.6 Å². The molecule has 0 unspecified atom stereocenters. The van der Waals surface area contributed by atoms with Gasteiger partial charge in [0, 0.05) is 45.2 Å². The van der Waals surface area contributed by atoms with Crippen molar-refractivity contribution >= 4 is 21.5 Å². The van der Waals surface area contributed by atoms with Gasteiger partial charge >= 0.3 is 0 Å². The molecule has 2 aromatic carbocycles. The molecular formula is C22H31FN4O2S. The summed E-state index contributed by atoms with van der Waals surface area (Å²) in [5.41, 5.74) is 2.39. The fourth-order valence-corrected chi connectivity index (χ4v) is 4.01. The van der Waals surface area contributed by atoms with Crippen LogP contribution in [0.2, 0.25) is 0 Å². The molecule has 0 saturated carbocycles. The van der Waals surface area contributed by atoms with Crippen molar-refractivity contribution in [3.63, 3.8) is 0 Å². The Morgan fingerprint density at radius 1 is 1.10 bits per heavy atom. The predicted octanol–water partition coefficient (Wildman–Crippen LogP) is 2.95. The average Bonchev–Trinajstić information content (AvgIpc) is 2.71. The first-order valence-electron chi connectivity index (χ1n) is 10.0. The number of benzene rings is 2. The van der Waals surface area contributed by atoms with E-state index in [2.05, 4.69) is 39.6 Å². The van der Waals surface area contributed by atoms with Gasteiger partial charge < -0.3 is 15.5 Å². The van der Waals surface area contributed by atoms with Gasteiger partial charge in [0.05, 0.1) is 5.75 Å². The number of nitrogens with one attached hydrogen (secondary N) is 2. The van der Waals surface area contributed by atoms with E-state index in [1.165, 1.54) is 30.1 Å². The van der Waals surface area contributed by atoms with E-state index in [1.54, 1.807) is 7.05 Å². The minimum absolute atomic E-state index is 0.122. The van der Waals surface area contributed by atoms with Gasteiger partial charge in [-0.05, 0) is 48.7 Å². The lowest BCUT2D eigenvalue weighted by Crippen LogP contribution is -2.38. The highest BCUT2D eigenvalue weighted by Crippen LogP contribution is 2.15. The molecule has 8 heteroatoms. The summed E-state index contributed by atoms with van der Waals surface area (Å²) >= 11 is 0. The molecule has 6 nitrogen and oxygen atoms in total. The summed E-state index contributed by atoms with van der Waals surface area (Å²) in [6, 6.07) is 14.4. The molecule has 0 bridgehead atoms. The molecule has 0 atom stereocenters. The Kier molecular flexibility index (Phi) is 9.11. The zero-order valence-corrected chi connectivity index (χ0v) is 18.7. The van der Waals surface area contributed by atoms with Crippen LogP contribution < -0.4 is 15.5 Å². The maximum atomic E-state index is 13.7. The molecule has 30 heavy (non-hydrogen) atoms. The molecule has 0 saturated heterocycles. The third kappa shape index (κ3) is 8.02. The molecular weight excluding hydrogens is 403 g/mol. The van der Waals surface area contributed by atoms with Crippen molar-refractivity contribution in [1.29, 1.82) is 0 Å². The average molecular weight is 435 g/mol. The van der Waals surface area contributed by atoms with E-state index in [1.807, 2.05) is 18.2 Å². The Labute approximate surface area is 179 Å². The Hall–Kier alpha value is -2.61. The fourth-order valence-electron chi connectivity index (χ4n) is 3.17. The van der Waals surface area contributed by atoms with Crippen molar-refractivity contribution in [3.05, 3.63) is 65.5 Å². The van der Waals surface area contributed by atoms with Crippen LogP contribution in [-0.2, 0) is 22.1 Å². The lowest BCUT2D eigenvalue weighted by Gasteiger charge is -2.23. The zero-order valence-electron chi connectivity index (χ0n) is 17.9. The zero-order chi connectivity index (χ0) is 22.0. The number of para-hydroxylation sites is 1. The monoisotopic (exact) mass is 434 g/mol. The van der Waals surface area contributed by atoms with Gasteiger partial charge in [-0.15, -0.1) is 0 Å². The molecule has 2 rings (SSSR count). The molecule has 0 aromatic heterocycles. The number of rotatable bonds is 10. The van der Waals surface area contributed by atoms with Gasteiger partial charge in [0.15, 0.2) is 15.8 Å². The van der Waals surface area contributed by atoms with Crippen LogP contribution in [0.25, 0.3) is 0 Å². The summed E-state index contributed by atoms with van der Waals surface area (Å²) in [7, 11) is -1.54. The number of anilines is 1. The molecule has 0 aliphatic heterocycles.